The van der Waals surface area contributed by atoms with Crippen molar-refractivity contribution in [3.8, 4) is 0 Å². The molecular formula is C12H17NO. The van der Waals surface area contributed by atoms with Crippen LogP contribution in [0.2, 0.25) is 0 Å². The summed E-state index contributed by atoms with van der Waals surface area (Å²) in [7, 11) is 1.79. The third kappa shape index (κ3) is 1.50. The van der Waals surface area contributed by atoms with Crippen LogP contribution in [0.4, 0.5) is 5.69 Å². The number of fused-ring (bicyclic) bond motifs is 1. The van der Waals surface area contributed by atoms with Gasteiger partial charge in [0.1, 0.15) is 6.23 Å². The molecule has 0 N–H and O–H groups in total. The molecule has 1 atom stereocenters. The van der Waals surface area contributed by atoms with Crippen molar-refractivity contribution in [2.24, 2.45) is 0 Å². The highest BCUT2D eigenvalue weighted by molar-refractivity contribution is 5.58. The van der Waals surface area contributed by atoms with Gasteiger partial charge in [-0.25, -0.2) is 0 Å². The number of hydrogen-bond donors (Lipinski definition) is 0. The van der Waals surface area contributed by atoms with Crippen LogP contribution < -0.4 is 4.90 Å². The van der Waals surface area contributed by atoms with Crippen LogP contribution >= 0.6 is 0 Å². The van der Waals surface area contributed by atoms with Gasteiger partial charge in [-0.15, -0.1) is 0 Å². The average Bonchev–Trinajstić information content (AvgIpc) is 2.65. The zero-order valence-electron chi connectivity index (χ0n) is 8.86. The molecule has 0 saturated heterocycles. The van der Waals surface area contributed by atoms with E-state index in [1.807, 2.05) is 0 Å². The molecule has 2 rings (SSSR count). The van der Waals surface area contributed by atoms with Gasteiger partial charge < -0.3 is 9.64 Å². The van der Waals surface area contributed by atoms with Gasteiger partial charge in [0, 0.05) is 19.3 Å². The normalized spacial score (nSPS) is 16.9. The molecule has 1 unspecified atom stereocenters. The first-order chi connectivity index (χ1) is 6.86. The van der Waals surface area contributed by atoms with Crippen molar-refractivity contribution in [2.75, 3.05) is 18.6 Å². The summed E-state index contributed by atoms with van der Waals surface area (Å²) in [6.45, 7) is 3.25. The predicted octanol–water partition coefficient (Wildman–Crippen LogP) is 2.43. The van der Waals surface area contributed by atoms with Crippen LogP contribution in [0.25, 0.3) is 0 Å². The maximum Gasteiger partial charge on any atom is 0.129 e. The minimum atomic E-state index is 0.235. The Labute approximate surface area is 85.5 Å². The fourth-order valence-corrected chi connectivity index (χ4v) is 2.18. The zero-order valence-corrected chi connectivity index (χ0v) is 8.86. The van der Waals surface area contributed by atoms with Crippen LogP contribution in [0.5, 0.6) is 0 Å². The SMILES string of the molecule is CCC(OC)N1CCc2ccccc21. The zero-order chi connectivity index (χ0) is 9.97. The van der Waals surface area contributed by atoms with Crippen LogP contribution in [0.3, 0.4) is 0 Å². The third-order valence-electron chi connectivity index (χ3n) is 2.89. The standard InChI is InChI=1S/C12H17NO/c1-3-12(14-2)13-9-8-10-6-4-5-7-11(10)13/h4-7,12H,3,8-9H2,1-2H3. The van der Waals surface area contributed by atoms with E-state index in [1.165, 1.54) is 11.3 Å². The summed E-state index contributed by atoms with van der Waals surface area (Å²) in [5.74, 6) is 0. The number of methoxy groups -OCH3 is 1. The molecule has 0 fully saturated rings. The van der Waals surface area contributed by atoms with Gasteiger partial charge in [0.05, 0.1) is 0 Å². The molecule has 0 bridgehead atoms. The van der Waals surface area contributed by atoms with Gasteiger partial charge in [-0.2, -0.15) is 0 Å². The first kappa shape index (κ1) is 9.53. The molecule has 76 valence electrons. The largest absolute Gasteiger partial charge is 0.362 e. The Kier molecular flexibility index (Phi) is 2.73. The van der Waals surface area contributed by atoms with Gasteiger partial charge >= 0.3 is 0 Å². The van der Waals surface area contributed by atoms with Crippen LogP contribution in [0.15, 0.2) is 24.3 Å². The number of para-hydroxylation sites is 1. The Morgan fingerprint density at radius 1 is 1.43 bits per heavy atom. The Morgan fingerprint density at radius 2 is 2.21 bits per heavy atom. The van der Waals surface area contributed by atoms with Crippen molar-refractivity contribution in [3.63, 3.8) is 0 Å². The van der Waals surface area contributed by atoms with E-state index in [9.17, 15) is 0 Å². The molecule has 2 nitrogen and oxygen atoms in total. The van der Waals surface area contributed by atoms with E-state index >= 15 is 0 Å². The Morgan fingerprint density at radius 3 is 2.93 bits per heavy atom. The smallest absolute Gasteiger partial charge is 0.129 e. The van der Waals surface area contributed by atoms with Crippen LogP contribution in [-0.2, 0) is 11.2 Å². The number of hydrogen-bond acceptors (Lipinski definition) is 2. The monoisotopic (exact) mass is 191 g/mol. The lowest BCUT2D eigenvalue weighted by atomic mass is 10.2. The quantitative estimate of drug-likeness (QED) is 0.727. The maximum absolute atomic E-state index is 5.47. The van der Waals surface area contributed by atoms with Crippen molar-refractivity contribution in [1.29, 1.82) is 0 Å². The molecule has 0 aliphatic carbocycles. The summed E-state index contributed by atoms with van der Waals surface area (Å²) in [6, 6.07) is 8.59. The Balaban J connectivity index is 2.25. The molecule has 0 saturated carbocycles. The molecule has 2 heteroatoms. The number of anilines is 1. The molecule has 0 aromatic heterocycles. The summed E-state index contributed by atoms with van der Waals surface area (Å²) in [5.41, 5.74) is 2.80. The van der Waals surface area contributed by atoms with Gasteiger partial charge in [-0.05, 0) is 24.5 Å². The molecule has 1 aliphatic rings. The van der Waals surface area contributed by atoms with E-state index in [-0.39, 0.29) is 6.23 Å². The molecule has 0 radical (unpaired) electrons. The van der Waals surface area contributed by atoms with Crippen molar-refractivity contribution in [2.45, 2.75) is 26.0 Å². The lowest BCUT2D eigenvalue weighted by Gasteiger charge is -2.28. The number of rotatable bonds is 3. The molecule has 1 aromatic rings. The van der Waals surface area contributed by atoms with Crippen LogP contribution in [-0.4, -0.2) is 19.9 Å². The first-order valence-corrected chi connectivity index (χ1v) is 5.24. The third-order valence-corrected chi connectivity index (χ3v) is 2.89. The van der Waals surface area contributed by atoms with E-state index in [1.54, 1.807) is 7.11 Å². The summed E-state index contributed by atoms with van der Waals surface area (Å²) >= 11 is 0. The van der Waals surface area contributed by atoms with Gasteiger partial charge in [-0.3, -0.25) is 0 Å². The van der Waals surface area contributed by atoms with Crippen molar-refractivity contribution in [1.82, 2.24) is 0 Å². The Bertz CT molecular complexity index is 307. The summed E-state index contributed by atoms with van der Waals surface area (Å²) in [5, 5.41) is 0. The van der Waals surface area contributed by atoms with Crippen molar-refractivity contribution in [3.05, 3.63) is 29.8 Å². The fraction of sp³-hybridized carbons (Fsp3) is 0.500. The molecule has 1 aromatic carbocycles. The highest BCUT2D eigenvalue weighted by atomic mass is 16.5. The second-order valence-electron chi connectivity index (χ2n) is 3.67. The highest BCUT2D eigenvalue weighted by Gasteiger charge is 2.23. The summed E-state index contributed by atoms with van der Waals surface area (Å²) in [6.07, 6.45) is 2.42. The topological polar surface area (TPSA) is 12.5 Å². The molecule has 0 amide bonds. The maximum atomic E-state index is 5.47. The van der Waals surface area contributed by atoms with E-state index in [0.29, 0.717) is 0 Å². The number of ether oxygens (including phenoxy) is 1. The lowest BCUT2D eigenvalue weighted by molar-refractivity contribution is 0.0974. The number of benzene rings is 1. The second-order valence-corrected chi connectivity index (χ2v) is 3.67. The molecule has 14 heavy (non-hydrogen) atoms. The van der Waals surface area contributed by atoms with E-state index < -0.39 is 0 Å². The minimum absolute atomic E-state index is 0.235. The molecule has 0 spiro atoms. The van der Waals surface area contributed by atoms with E-state index in [0.717, 1.165) is 19.4 Å². The van der Waals surface area contributed by atoms with Crippen molar-refractivity contribution >= 4 is 5.69 Å². The second kappa shape index (κ2) is 4.01. The van der Waals surface area contributed by atoms with Crippen LogP contribution in [0, 0.1) is 0 Å². The highest BCUT2D eigenvalue weighted by Crippen LogP contribution is 2.29. The minimum Gasteiger partial charge on any atom is -0.362 e. The van der Waals surface area contributed by atoms with Gasteiger partial charge in [0.2, 0.25) is 0 Å². The molecular weight excluding hydrogens is 174 g/mol. The summed E-state index contributed by atoms with van der Waals surface area (Å²) in [4.78, 5) is 2.36. The Hall–Kier alpha value is -1.02. The average molecular weight is 191 g/mol. The van der Waals surface area contributed by atoms with Gasteiger partial charge in [-0.1, -0.05) is 25.1 Å². The van der Waals surface area contributed by atoms with E-state index in [2.05, 4.69) is 36.1 Å². The lowest BCUT2D eigenvalue weighted by Crippen LogP contribution is -2.34. The van der Waals surface area contributed by atoms with Gasteiger partial charge in [0.15, 0.2) is 0 Å². The predicted molar refractivity (Wildman–Crippen MR) is 58.6 cm³/mol. The fourth-order valence-electron chi connectivity index (χ4n) is 2.18. The number of nitrogens with zero attached hydrogens (tertiary/aromatic N) is 1. The van der Waals surface area contributed by atoms with Crippen molar-refractivity contribution < 1.29 is 4.74 Å². The van der Waals surface area contributed by atoms with E-state index in [4.69, 9.17) is 4.74 Å². The van der Waals surface area contributed by atoms with Gasteiger partial charge in [0.25, 0.3) is 0 Å². The summed E-state index contributed by atoms with van der Waals surface area (Å²) < 4.78 is 5.47. The molecule has 1 aliphatic heterocycles. The van der Waals surface area contributed by atoms with Crippen LogP contribution in [0.1, 0.15) is 18.9 Å². The first-order valence-electron chi connectivity index (χ1n) is 5.24. The molecule has 1 heterocycles.